The van der Waals surface area contributed by atoms with Crippen LogP contribution in [0.1, 0.15) is 0 Å². The molecule has 1 fully saturated rings. The number of hydrogen-bond donors (Lipinski definition) is 2. The summed E-state index contributed by atoms with van der Waals surface area (Å²) in [5.74, 6) is 0. The van der Waals surface area contributed by atoms with Crippen molar-refractivity contribution in [1.82, 2.24) is 3.71 Å². The van der Waals surface area contributed by atoms with Gasteiger partial charge < -0.3 is 4.74 Å². The van der Waals surface area contributed by atoms with Gasteiger partial charge in [0.05, 0.1) is 12.0 Å². The van der Waals surface area contributed by atoms with Crippen LogP contribution < -0.4 is 0 Å². The summed E-state index contributed by atoms with van der Waals surface area (Å²) in [6.45, 7) is 0. The summed E-state index contributed by atoms with van der Waals surface area (Å²) >= 11 is 8.87. The van der Waals surface area contributed by atoms with Crippen LogP contribution >= 0.6 is 37.7 Å². The molecular weight excluding hydrogens is 189 g/mol. The standard InChI is InChI=1S/C2H5NO2S3.Na.H/c1-4-2(3(6)7)5-8-2;;/h6-7H,1H3;;. The Bertz CT molecular complexity index is 97.8. The van der Waals surface area contributed by atoms with Gasteiger partial charge in [0.15, 0.2) is 0 Å². The average Bonchev–Trinajstić information content (AvgIpc) is 2.44. The van der Waals surface area contributed by atoms with Gasteiger partial charge in [0.1, 0.15) is 0 Å². The third-order valence-electron chi connectivity index (χ3n) is 0.729. The maximum absolute atomic E-state index is 4.82. The van der Waals surface area contributed by atoms with E-state index in [1.165, 1.54) is 22.9 Å². The number of methoxy groups -OCH3 is 1. The van der Waals surface area contributed by atoms with Gasteiger partial charge in [0.25, 0.3) is 0 Å². The number of hydrogen-bond acceptors (Lipinski definition) is 6. The minimum absolute atomic E-state index is 0. The number of thiol groups is 2. The van der Waals surface area contributed by atoms with E-state index in [0.29, 0.717) is 0 Å². The molecule has 0 saturated carbocycles. The van der Waals surface area contributed by atoms with Gasteiger partial charge in [-0.1, -0.05) is 25.6 Å². The summed E-state index contributed by atoms with van der Waals surface area (Å²) in [5.41, 5.74) is 0. The quantitative estimate of drug-likeness (QED) is 0.217. The van der Waals surface area contributed by atoms with E-state index in [0.717, 1.165) is 0 Å². The Morgan fingerprint density at radius 2 is 2.11 bits per heavy atom. The van der Waals surface area contributed by atoms with Crippen molar-refractivity contribution in [2.24, 2.45) is 0 Å². The van der Waals surface area contributed by atoms with Crippen molar-refractivity contribution in [2.45, 2.75) is 5.24 Å². The van der Waals surface area contributed by atoms with Crippen molar-refractivity contribution in [2.75, 3.05) is 7.11 Å². The molecule has 1 rings (SSSR count). The molecule has 0 aromatic heterocycles. The molecule has 0 aromatic rings. The fourth-order valence-electron chi connectivity index (χ4n) is 0.252. The van der Waals surface area contributed by atoms with Gasteiger partial charge in [-0.15, -0.1) is 3.71 Å². The normalized spacial score (nSPS) is 32.0. The molecule has 1 atom stereocenters. The summed E-state index contributed by atoms with van der Waals surface area (Å²) < 4.78 is 10.9. The fourth-order valence-corrected chi connectivity index (χ4v) is 1.16. The monoisotopic (exact) mass is 195 g/mol. The molecule has 0 bridgehead atoms. The van der Waals surface area contributed by atoms with E-state index in [9.17, 15) is 0 Å². The third kappa shape index (κ3) is 2.46. The van der Waals surface area contributed by atoms with Crippen LogP contribution in [0.2, 0.25) is 0 Å². The van der Waals surface area contributed by atoms with E-state index in [1.807, 2.05) is 0 Å². The predicted molar refractivity (Wildman–Crippen MR) is 45.4 cm³/mol. The maximum atomic E-state index is 4.82. The molecular formula is C2H6NNaO2S3. The number of ether oxygens (including phenoxy) is 1. The summed E-state index contributed by atoms with van der Waals surface area (Å²) in [7, 11) is 1.53. The first-order valence-corrected chi connectivity index (χ1v) is 3.35. The number of rotatable bonds is 2. The SMILES string of the molecule is COC1(N(S)S)OS1.[NaH]. The van der Waals surface area contributed by atoms with Crippen molar-refractivity contribution in [3.8, 4) is 0 Å². The summed E-state index contributed by atoms with van der Waals surface area (Å²) in [4.78, 5) is 0. The molecule has 3 nitrogen and oxygen atoms in total. The molecule has 0 N–H and O–H groups in total. The van der Waals surface area contributed by atoms with Crippen molar-refractivity contribution < 1.29 is 8.92 Å². The molecule has 0 radical (unpaired) electrons. The molecule has 0 aromatic carbocycles. The van der Waals surface area contributed by atoms with Gasteiger partial charge >= 0.3 is 34.8 Å². The molecule has 1 saturated heterocycles. The topological polar surface area (TPSA) is 25.0 Å². The molecule has 0 amide bonds. The van der Waals surface area contributed by atoms with Gasteiger partial charge in [0.2, 0.25) is 0 Å². The minimum atomic E-state index is -0.730. The molecule has 1 heterocycles. The van der Waals surface area contributed by atoms with Crippen molar-refractivity contribution in [3.05, 3.63) is 0 Å². The van der Waals surface area contributed by atoms with Crippen LogP contribution in [0.3, 0.4) is 0 Å². The zero-order valence-corrected chi connectivity index (χ0v) is 6.67. The third-order valence-corrected chi connectivity index (χ3v) is 2.33. The molecule has 50 valence electrons. The van der Waals surface area contributed by atoms with Crippen molar-refractivity contribution in [1.29, 1.82) is 0 Å². The fraction of sp³-hybridized carbons (Fsp3) is 1.00. The van der Waals surface area contributed by atoms with Gasteiger partial charge in [-0.25, -0.2) is 4.18 Å². The second-order valence-electron chi connectivity index (χ2n) is 1.18. The Morgan fingerprint density at radius 1 is 1.67 bits per heavy atom. The molecule has 0 aliphatic carbocycles. The molecule has 1 aliphatic rings. The van der Waals surface area contributed by atoms with Crippen LogP contribution in [0, 0.1) is 0 Å². The molecule has 1 aliphatic heterocycles. The van der Waals surface area contributed by atoms with Crippen LogP contribution in [0.25, 0.3) is 0 Å². The van der Waals surface area contributed by atoms with E-state index >= 15 is 0 Å². The van der Waals surface area contributed by atoms with Gasteiger partial charge in [-0.3, -0.25) is 0 Å². The Morgan fingerprint density at radius 3 is 2.11 bits per heavy atom. The van der Waals surface area contributed by atoms with Crippen molar-refractivity contribution in [3.63, 3.8) is 0 Å². The Balaban J connectivity index is 0.000000640. The van der Waals surface area contributed by atoms with E-state index in [1.54, 1.807) is 0 Å². The Hall–Kier alpha value is 1.93. The van der Waals surface area contributed by atoms with Crippen LogP contribution in [-0.4, -0.2) is 45.6 Å². The summed E-state index contributed by atoms with van der Waals surface area (Å²) in [6, 6.07) is 0. The van der Waals surface area contributed by atoms with E-state index in [-0.39, 0.29) is 29.6 Å². The second-order valence-corrected chi connectivity index (χ2v) is 3.15. The Labute approximate surface area is 91.4 Å². The van der Waals surface area contributed by atoms with Crippen molar-refractivity contribution >= 4 is 67.2 Å². The zero-order valence-electron chi connectivity index (χ0n) is 4.07. The van der Waals surface area contributed by atoms with Crippen LogP contribution in [0.4, 0.5) is 0 Å². The van der Waals surface area contributed by atoms with Gasteiger partial charge in [0, 0.05) is 7.11 Å². The number of nitrogens with zero attached hydrogens (tertiary/aromatic N) is 1. The van der Waals surface area contributed by atoms with Crippen LogP contribution in [-0.2, 0) is 8.92 Å². The Kier molecular flexibility index (Phi) is 4.96. The first-order valence-electron chi connectivity index (χ1n) is 1.81. The summed E-state index contributed by atoms with van der Waals surface area (Å²) in [6.07, 6.45) is 0. The van der Waals surface area contributed by atoms with E-state index < -0.39 is 5.24 Å². The van der Waals surface area contributed by atoms with Gasteiger partial charge in [-0.2, -0.15) is 0 Å². The van der Waals surface area contributed by atoms with Crippen LogP contribution in [0.5, 0.6) is 0 Å². The summed E-state index contributed by atoms with van der Waals surface area (Å²) in [5, 5.41) is -0.730. The zero-order chi connectivity index (χ0) is 6.20. The molecule has 7 heteroatoms. The molecule has 1 unspecified atom stereocenters. The van der Waals surface area contributed by atoms with Crippen LogP contribution in [0.15, 0.2) is 0 Å². The molecule has 9 heavy (non-hydrogen) atoms. The van der Waals surface area contributed by atoms with E-state index in [4.69, 9.17) is 8.92 Å². The van der Waals surface area contributed by atoms with Gasteiger partial charge in [-0.05, 0) is 0 Å². The predicted octanol–water partition coefficient (Wildman–Crippen LogP) is 0.266. The first-order chi connectivity index (χ1) is 3.71. The first kappa shape index (κ1) is 10.9. The average molecular weight is 195 g/mol. The second kappa shape index (κ2) is 4.08. The van der Waals surface area contributed by atoms with E-state index in [2.05, 4.69) is 25.6 Å². The molecule has 0 spiro atoms.